The summed E-state index contributed by atoms with van der Waals surface area (Å²) in [5.41, 5.74) is 0.588. The second-order valence-corrected chi connectivity index (χ2v) is 3.15. The van der Waals surface area contributed by atoms with E-state index in [0.717, 1.165) is 19.3 Å². The average Bonchev–Trinajstić information content (AvgIpc) is 2.03. The predicted molar refractivity (Wildman–Crippen MR) is 51.9 cm³/mol. The second-order valence-electron chi connectivity index (χ2n) is 3.15. The van der Waals surface area contributed by atoms with Gasteiger partial charge >= 0.3 is 0 Å². The van der Waals surface area contributed by atoms with E-state index in [1.165, 1.54) is 0 Å². The lowest BCUT2D eigenvalue weighted by Crippen LogP contribution is -2.34. The van der Waals surface area contributed by atoms with E-state index in [0.29, 0.717) is 11.6 Å². The van der Waals surface area contributed by atoms with Crippen molar-refractivity contribution in [2.75, 3.05) is 0 Å². The SMILES string of the molecule is C=C(C)C(=O)NC(CC)CCC. The maximum absolute atomic E-state index is 11.2. The summed E-state index contributed by atoms with van der Waals surface area (Å²) in [4.78, 5) is 11.2. The molecule has 2 nitrogen and oxygen atoms in total. The third-order valence-corrected chi connectivity index (χ3v) is 1.85. The van der Waals surface area contributed by atoms with E-state index in [2.05, 4.69) is 25.7 Å². The standard InChI is InChI=1S/C10H19NO/c1-5-7-9(6-2)11-10(12)8(3)4/h9H,3,5-7H2,1-2,4H3,(H,11,12). The van der Waals surface area contributed by atoms with Gasteiger partial charge in [-0.1, -0.05) is 26.8 Å². The molecule has 0 bridgehead atoms. The van der Waals surface area contributed by atoms with Crippen molar-refractivity contribution in [2.45, 2.75) is 46.1 Å². The quantitative estimate of drug-likeness (QED) is 0.628. The van der Waals surface area contributed by atoms with E-state index in [9.17, 15) is 4.79 Å². The van der Waals surface area contributed by atoms with Crippen LogP contribution in [-0.4, -0.2) is 11.9 Å². The Balaban J connectivity index is 3.85. The van der Waals surface area contributed by atoms with Crippen molar-refractivity contribution in [2.24, 2.45) is 0 Å². The Morgan fingerprint density at radius 1 is 1.50 bits per heavy atom. The van der Waals surface area contributed by atoms with E-state index < -0.39 is 0 Å². The van der Waals surface area contributed by atoms with E-state index in [-0.39, 0.29) is 5.91 Å². The Kier molecular flexibility index (Phi) is 5.43. The third kappa shape index (κ3) is 4.16. The zero-order valence-electron chi connectivity index (χ0n) is 8.31. The maximum atomic E-state index is 11.2. The first-order valence-corrected chi connectivity index (χ1v) is 4.58. The van der Waals surface area contributed by atoms with Gasteiger partial charge in [0.2, 0.25) is 5.91 Å². The van der Waals surface area contributed by atoms with Gasteiger partial charge in [-0.2, -0.15) is 0 Å². The van der Waals surface area contributed by atoms with Crippen LogP contribution in [0.3, 0.4) is 0 Å². The molecule has 0 radical (unpaired) electrons. The number of hydrogen-bond donors (Lipinski definition) is 1. The highest BCUT2D eigenvalue weighted by atomic mass is 16.1. The highest BCUT2D eigenvalue weighted by molar-refractivity contribution is 5.92. The lowest BCUT2D eigenvalue weighted by Gasteiger charge is -2.15. The third-order valence-electron chi connectivity index (χ3n) is 1.85. The molecule has 0 aliphatic heterocycles. The predicted octanol–water partition coefficient (Wildman–Crippen LogP) is 2.26. The summed E-state index contributed by atoms with van der Waals surface area (Å²) in [6.45, 7) is 9.52. The number of amides is 1. The molecule has 0 aromatic carbocycles. The molecular weight excluding hydrogens is 150 g/mol. The van der Waals surface area contributed by atoms with Gasteiger partial charge < -0.3 is 5.32 Å². The first-order chi connectivity index (χ1) is 5.61. The summed E-state index contributed by atoms with van der Waals surface area (Å²) < 4.78 is 0. The fourth-order valence-electron chi connectivity index (χ4n) is 1.04. The minimum Gasteiger partial charge on any atom is -0.350 e. The van der Waals surface area contributed by atoms with Crippen LogP contribution in [0.5, 0.6) is 0 Å². The molecule has 0 spiro atoms. The van der Waals surface area contributed by atoms with Crippen LogP contribution in [0.15, 0.2) is 12.2 Å². The molecule has 0 aromatic rings. The van der Waals surface area contributed by atoms with Gasteiger partial charge in [0.1, 0.15) is 0 Å². The first kappa shape index (κ1) is 11.2. The normalized spacial score (nSPS) is 12.2. The van der Waals surface area contributed by atoms with Crippen molar-refractivity contribution in [3.63, 3.8) is 0 Å². The molecule has 0 aliphatic rings. The number of carbonyl (C=O) groups is 1. The van der Waals surface area contributed by atoms with Crippen LogP contribution in [-0.2, 0) is 4.79 Å². The largest absolute Gasteiger partial charge is 0.350 e. The number of hydrogen-bond acceptors (Lipinski definition) is 1. The van der Waals surface area contributed by atoms with Crippen LogP contribution in [0.1, 0.15) is 40.0 Å². The van der Waals surface area contributed by atoms with Gasteiger partial charge in [0.25, 0.3) is 0 Å². The van der Waals surface area contributed by atoms with Crippen molar-refractivity contribution in [1.82, 2.24) is 5.32 Å². The molecule has 1 N–H and O–H groups in total. The molecule has 0 fully saturated rings. The van der Waals surface area contributed by atoms with Crippen LogP contribution in [0.2, 0.25) is 0 Å². The summed E-state index contributed by atoms with van der Waals surface area (Å²) in [5.74, 6) is -0.0182. The fourth-order valence-corrected chi connectivity index (χ4v) is 1.04. The van der Waals surface area contributed by atoms with Crippen LogP contribution < -0.4 is 5.32 Å². The molecule has 1 unspecified atom stereocenters. The van der Waals surface area contributed by atoms with Gasteiger partial charge in [-0.25, -0.2) is 0 Å². The molecule has 0 rings (SSSR count). The van der Waals surface area contributed by atoms with Crippen LogP contribution in [0, 0.1) is 0 Å². The van der Waals surface area contributed by atoms with Gasteiger partial charge in [-0.05, 0) is 19.8 Å². The first-order valence-electron chi connectivity index (χ1n) is 4.58. The summed E-state index contributed by atoms with van der Waals surface area (Å²) in [5, 5.41) is 2.93. The summed E-state index contributed by atoms with van der Waals surface area (Å²) in [6.07, 6.45) is 3.15. The monoisotopic (exact) mass is 169 g/mol. The molecule has 0 aliphatic carbocycles. The maximum Gasteiger partial charge on any atom is 0.246 e. The zero-order chi connectivity index (χ0) is 9.56. The van der Waals surface area contributed by atoms with Crippen molar-refractivity contribution >= 4 is 5.91 Å². The molecule has 2 heteroatoms. The highest BCUT2D eigenvalue weighted by Crippen LogP contribution is 2.01. The number of nitrogens with one attached hydrogen (secondary N) is 1. The van der Waals surface area contributed by atoms with E-state index in [1.807, 2.05) is 0 Å². The summed E-state index contributed by atoms with van der Waals surface area (Å²) in [7, 11) is 0. The van der Waals surface area contributed by atoms with Gasteiger partial charge in [0, 0.05) is 11.6 Å². The topological polar surface area (TPSA) is 29.1 Å². The fraction of sp³-hybridized carbons (Fsp3) is 0.700. The van der Waals surface area contributed by atoms with E-state index in [4.69, 9.17) is 0 Å². The molecule has 12 heavy (non-hydrogen) atoms. The minimum atomic E-state index is -0.0182. The number of rotatable bonds is 5. The van der Waals surface area contributed by atoms with Gasteiger partial charge in [0.15, 0.2) is 0 Å². The Labute approximate surface area is 75.0 Å². The Morgan fingerprint density at radius 3 is 2.42 bits per heavy atom. The summed E-state index contributed by atoms with van der Waals surface area (Å²) >= 11 is 0. The Hall–Kier alpha value is -0.790. The van der Waals surface area contributed by atoms with Crippen LogP contribution >= 0.6 is 0 Å². The highest BCUT2D eigenvalue weighted by Gasteiger charge is 2.08. The molecule has 0 saturated heterocycles. The lowest BCUT2D eigenvalue weighted by molar-refractivity contribution is -0.118. The molecule has 0 aromatic heterocycles. The van der Waals surface area contributed by atoms with Crippen molar-refractivity contribution in [1.29, 1.82) is 0 Å². The summed E-state index contributed by atoms with van der Waals surface area (Å²) in [6, 6.07) is 0.319. The van der Waals surface area contributed by atoms with Gasteiger partial charge in [-0.15, -0.1) is 0 Å². The van der Waals surface area contributed by atoms with E-state index in [1.54, 1.807) is 6.92 Å². The molecular formula is C10H19NO. The molecule has 70 valence electrons. The smallest absolute Gasteiger partial charge is 0.246 e. The number of carbonyl (C=O) groups excluding carboxylic acids is 1. The second kappa shape index (κ2) is 5.81. The average molecular weight is 169 g/mol. The Morgan fingerprint density at radius 2 is 2.08 bits per heavy atom. The zero-order valence-corrected chi connectivity index (χ0v) is 8.31. The Bertz CT molecular complexity index is 163. The van der Waals surface area contributed by atoms with Crippen molar-refractivity contribution in [3.05, 3.63) is 12.2 Å². The van der Waals surface area contributed by atoms with Crippen LogP contribution in [0.4, 0.5) is 0 Å². The lowest BCUT2D eigenvalue weighted by atomic mass is 10.1. The van der Waals surface area contributed by atoms with Gasteiger partial charge in [-0.3, -0.25) is 4.79 Å². The van der Waals surface area contributed by atoms with Gasteiger partial charge in [0.05, 0.1) is 0 Å². The molecule has 1 atom stereocenters. The molecule has 0 saturated carbocycles. The molecule has 0 heterocycles. The molecule has 1 amide bonds. The van der Waals surface area contributed by atoms with Crippen LogP contribution in [0.25, 0.3) is 0 Å². The van der Waals surface area contributed by atoms with Crippen molar-refractivity contribution in [3.8, 4) is 0 Å². The van der Waals surface area contributed by atoms with E-state index >= 15 is 0 Å². The minimum absolute atomic E-state index is 0.0182. The van der Waals surface area contributed by atoms with Crippen molar-refractivity contribution < 1.29 is 4.79 Å².